The highest BCUT2D eigenvalue weighted by atomic mass is 16.3. The molecule has 0 aliphatic rings. The van der Waals surface area contributed by atoms with Gasteiger partial charge in [0.25, 0.3) is 0 Å². The monoisotopic (exact) mass is 549 g/mol. The van der Waals surface area contributed by atoms with Crippen LogP contribution < -0.4 is 13.7 Å². The molecule has 5 rings (SSSR count). The maximum absolute atomic E-state index is 9.44. The molecule has 206 valence electrons. The van der Waals surface area contributed by atoms with Crippen molar-refractivity contribution in [2.75, 3.05) is 0 Å². The molecule has 0 aliphatic heterocycles. The zero-order valence-electron chi connectivity index (χ0n) is 22.7. The Morgan fingerprint density at radius 2 is 1.10 bits per heavy atom. The van der Waals surface area contributed by atoms with Crippen LogP contribution >= 0.6 is 0 Å². The number of hydrogen-bond acceptors (Lipinski definition) is 6. The number of rotatable bonds is 12. The van der Waals surface area contributed by atoms with Crippen molar-refractivity contribution < 1.29 is 23.9 Å². The Hall–Kier alpha value is -5.25. The van der Waals surface area contributed by atoms with Crippen LogP contribution in [0.15, 0.2) is 137 Å². The van der Waals surface area contributed by atoms with Crippen LogP contribution in [0.4, 0.5) is 23.0 Å². The molecule has 10 heteroatoms. The SMILES string of the molecule is Oc1ccc(/N=N/c2cccc[n+]2CCCn2cc[n+](CCC[n+]3ccccc3/N=N/c3ccc(O)cc3)c2)cc1. The van der Waals surface area contributed by atoms with E-state index in [1.54, 1.807) is 48.5 Å². The third-order valence-corrected chi connectivity index (χ3v) is 6.45. The molecular formula is C31H33N8O2+3. The van der Waals surface area contributed by atoms with Gasteiger partial charge >= 0.3 is 11.6 Å². The van der Waals surface area contributed by atoms with Crippen LogP contribution in [-0.2, 0) is 26.2 Å². The van der Waals surface area contributed by atoms with Crippen molar-refractivity contribution in [1.29, 1.82) is 0 Å². The van der Waals surface area contributed by atoms with E-state index in [-0.39, 0.29) is 11.5 Å². The second kappa shape index (κ2) is 13.7. The number of aromatic hydroxyl groups is 2. The fourth-order valence-corrected chi connectivity index (χ4v) is 4.30. The van der Waals surface area contributed by atoms with Crippen molar-refractivity contribution in [1.82, 2.24) is 4.57 Å². The number of nitrogens with zero attached hydrogens (tertiary/aromatic N) is 8. The predicted molar refractivity (Wildman–Crippen MR) is 152 cm³/mol. The van der Waals surface area contributed by atoms with Gasteiger partial charge in [-0.05, 0) is 70.9 Å². The zero-order valence-corrected chi connectivity index (χ0v) is 22.7. The van der Waals surface area contributed by atoms with E-state index in [1.165, 1.54) is 0 Å². The lowest BCUT2D eigenvalue weighted by Crippen LogP contribution is -2.38. The van der Waals surface area contributed by atoms with Crippen molar-refractivity contribution in [3.63, 3.8) is 0 Å². The number of aryl methyl sites for hydroxylation is 4. The maximum atomic E-state index is 9.44. The first-order chi connectivity index (χ1) is 20.1. The van der Waals surface area contributed by atoms with Gasteiger partial charge in [0, 0.05) is 25.0 Å². The van der Waals surface area contributed by atoms with Gasteiger partial charge in [-0.25, -0.2) is 18.3 Å². The quantitative estimate of drug-likeness (QED) is 0.152. The third-order valence-electron chi connectivity index (χ3n) is 6.45. The first kappa shape index (κ1) is 27.3. The Morgan fingerprint density at radius 3 is 1.66 bits per heavy atom. The molecule has 5 aromatic rings. The van der Waals surface area contributed by atoms with Gasteiger partial charge in [0.05, 0.1) is 48.8 Å². The fraction of sp³-hybridized carbons (Fsp3) is 0.194. The summed E-state index contributed by atoms with van der Waals surface area (Å²) in [6.45, 7) is 3.40. The lowest BCUT2D eigenvalue weighted by atomic mass is 10.3. The van der Waals surface area contributed by atoms with Crippen molar-refractivity contribution in [2.24, 2.45) is 20.5 Å². The minimum absolute atomic E-state index is 0.208. The summed E-state index contributed by atoms with van der Waals surface area (Å²) in [5.41, 5.74) is 1.38. The van der Waals surface area contributed by atoms with Gasteiger partial charge in [-0.15, -0.1) is 0 Å². The minimum Gasteiger partial charge on any atom is -0.508 e. The van der Waals surface area contributed by atoms with E-state index in [2.05, 4.69) is 57.4 Å². The molecule has 0 aliphatic carbocycles. The van der Waals surface area contributed by atoms with Crippen LogP contribution in [0.3, 0.4) is 0 Å². The lowest BCUT2D eigenvalue weighted by Gasteiger charge is -2.01. The van der Waals surface area contributed by atoms with E-state index in [0.29, 0.717) is 11.4 Å². The van der Waals surface area contributed by atoms with Crippen LogP contribution in [0.2, 0.25) is 0 Å². The highest BCUT2D eigenvalue weighted by Crippen LogP contribution is 2.20. The molecular weight excluding hydrogens is 516 g/mol. The molecule has 2 aromatic carbocycles. The molecule has 3 aromatic heterocycles. The average Bonchev–Trinajstić information content (AvgIpc) is 3.45. The number of aromatic nitrogens is 4. The number of phenols is 2. The molecule has 0 atom stereocenters. The Kier molecular flexibility index (Phi) is 9.13. The zero-order chi connectivity index (χ0) is 28.3. The van der Waals surface area contributed by atoms with Gasteiger partial charge in [0.1, 0.15) is 35.3 Å². The second-order valence-corrected chi connectivity index (χ2v) is 9.53. The summed E-state index contributed by atoms with van der Waals surface area (Å²) in [5.74, 6) is 1.98. The molecule has 0 fully saturated rings. The van der Waals surface area contributed by atoms with Crippen LogP contribution in [0.5, 0.6) is 11.5 Å². The summed E-state index contributed by atoms with van der Waals surface area (Å²) >= 11 is 0. The molecule has 0 unspecified atom stereocenters. The molecule has 0 radical (unpaired) electrons. The first-order valence-corrected chi connectivity index (χ1v) is 13.6. The summed E-state index contributed by atoms with van der Waals surface area (Å²) in [4.78, 5) is 0. The summed E-state index contributed by atoms with van der Waals surface area (Å²) in [6.07, 6.45) is 12.3. The molecule has 3 heterocycles. The van der Waals surface area contributed by atoms with E-state index in [9.17, 15) is 10.2 Å². The van der Waals surface area contributed by atoms with Crippen molar-refractivity contribution in [3.8, 4) is 11.5 Å². The Balaban J connectivity index is 1.10. The van der Waals surface area contributed by atoms with Crippen molar-refractivity contribution >= 4 is 23.0 Å². The molecule has 0 spiro atoms. The molecule has 0 amide bonds. The molecule has 41 heavy (non-hydrogen) atoms. The smallest absolute Gasteiger partial charge is 0.350 e. The molecule has 10 nitrogen and oxygen atoms in total. The number of imidazole rings is 1. The Labute approximate surface area is 238 Å². The summed E-state index contributed by atoms with van der Waals surface area (Å²) in [6, 6.07) is 25.1. The van der Waals surface area contributed by atoms with Crippen molar-refractivity contribution in [3.05, 3.63) is 116 Å². The number of hydrogen-bond donors (Lipinski definition) is 2. The molecule has 0 saturated heterocycles. The van der Waals surface area contributed by atoms with Gasteiger partial charge in [-0.1, -0.05) is 12.1 Å². The summed E-state index contributed by atoms with van der Waals surface area (Å²) in [5, 5.41) is 36.3. The van der Waals surface area contributed by atoms with E-state index in [4.69, 9.17) is 0 Å². The van der Waals surface area contributed by atoms with Gasteiger partial charge in [-0.3, -0.25) is 0 Å². The molecule has 2 N–H and O–H groups in total. The van der Waals surface area contributed by atoms with Crippen molar-refractivity contribution in [2.45, 2.75) is 39.0 Å². The van der Waals surface area contributed by atoms with Gasteiger partial charge in [-0.2, -0.15) is 0 Å². The van der Waals surface area contributed by atoms with Crippen LogP contribution in [0.1, 0.15) is 12.8 Å². The van der Waals surface area contributed by atoms with E-state index < -0.39 is 0 Å². The number of pyridine rings is 2. The van der Waals surface area contributed by atoms with Gasteiger partial charge < -0.3 is 10.2 Å². The standard InChI is InChI=1S/C31H31N8O2/c40-28-13-9-26(10-14-28)32-34-30-7-1-3-19-38(30)21-5-17-36-23-24-37(25-36)18-6-22-39-20-4-2-8-31(39)35-33-27-11-15-29(41)16-12-27/h1-4,7-16,19-20,23-25H,5-6,17-18,21-22H2/q+1/p+2. The van der Waals surface area contributed by atoms with Gasteiger partial charge in [0.2, 0.25) is 6.33 Å². The Morgan fingerprint density at radius 1 is 0.561 bits per heavy atom. The minimum atomic E-state index is 0.208. The number of benzene rings is 2. The van der Waals surface area contributed by atoms with E-state index in [0.717, 1.165) is 50.7 Å². The van der Waals surface area contributed by atoms with Crippen LogP contribution in [-0.4, -0.2) is 14.8 Å². The number of phenolic OH excluding ortho intramolecular Hbond substituents is 2. The third kappa shape index (κ3) is 8.12. The van der Waals surface area contributed by atoms with Crippen LogP contribution in [0.25, 0.3) is 0 Å². The lowest BCUT2D eigenvalue weighted by molar-refractivity contribution is -0.721. The predicted octanol–water partition coefficient (Wildman–Crippen LogP) is 5.77. The largest absolute Gasteiger partial charge is 0.508 e. The second-order valence-electron chi connectivity index (χ2n) is 9.53. The first-order valence-electron chi connectivity index (χ1n) is 13.6. The summed E-state index contributed by atoms with van der Waals surface area (Å²) < 4.78 is 8.59. The molecule has 0 saturated carbocycles. The topological polar surface area (TPSA) is 106 Å². The van der Waals surface area contributed by atoms with Crippen LogP contribution in [0, 0.1) is 0 Å². The number of azo groups is 2. The average molecular weight is 550 g/mol. The molecule has 0 bridgehead atoms. The summed E-state index contributed by atoms with van der Waals surface area (Å²) in [7, 11) is 0. The Bertz CT molecular complexity index is 1490. The fourth-order valence-electron chi connectivity index (χ4n) is 4.30. The van der Waals surface area contributed by atoms with E-state index in [1.807, 2.05) is 48.8 Å². The van der Waals surface area contributed by atoms with Gasteiger partial charge in [0.15, 0.2) is 0 Å². The normalized spacial score (nSPS) is 11.5. The highest BCUT2D eigenvalue weighted by Gasteiger charge is 2.12. The highest BCUT2D eigenvalue weighted by molar-refractivity contribution is 5.41. The maximum Gasteiger partial charge on any atom is 0.350 e. The van der Waals surface area contributed by atoms with E-state index >= 15 is 0 Å².